The fourth-order valence-electron chi connectivity index (χ4n) is 4.26. The molecule has 1 atom stereocenters. The number of ether oxygens (including phenoxy) is 1. The van der Waals surface area contributed by atoms with E-state index in [9.17, 15) is 22.9 Å². The molecule has 32 heavy (non-hydrogen) atoms. The van der Waals surface area contributed by atoms with Crippen LogP contribution in [0.15, 0.2) is 14.8 Å². The number of halogens is 2. The first-order valence-corrected chi connectivity index (χ1v) is 12.6. The van der Waals surface area contributed by atoms with Gasteiger partial charge < -0.3 is 15.2 Å². The first-order valence-electron chi connectivity index (χ1n) is 10.2. The fraction of sp³-hybridized carbons (Fsp3) is 0.500. The summed E-state index contributed by atoms with van der Waals surface area (Å²) in [5.41, 5.74) is 2.19. The van der Waals surface area contributed by atoms with Crippen LogP contribution in [-0.4, -0.2) is 26.9 Å². The average Bonchev–Trinajstić information content (AvgIpc) is 3.43. The number of carbonyl (C=O) groups excluding carboxylic acids is 1. The largest absolute Gasteiger partial charge is 0.434 e. The van der Waals surface area contributed by atoms with Gasteiger partial charge in [-0.25, -0.2) is 19.1 Å². The highest BCUT2D eigenvalue weighted by Crippen LogP contribution is 2.46. The molecule has 1 aromatic carbocycles. The number of nitrogens with one attached hydrogen (secondary N) is 1. The average molecular weight is 487 g/mol. The van der Waals surface area contributed by atoms with Crippen LogP contribution in [0.2, 0.25) is 0 Å². The zero-order valence-corrected chi connectivity index (χ0v) is 19.2. The van der Waals surface area contributed by atoms with Gasteiger partial charge in [-0.15, -0.1) is 15.7 Å². The minimum absolute atomic E-state index is 0.0703. The Hall–Kier alpha value is -2.15. The molecule has 0 spiro atoms. The highest BCUT2D eigenvalue weighted by atomic mass is 32.2. The highest BCUT2D eigenvalue weighted by molar-refractivity contribution is 7.93. The molecule has 2 amide bonds. The molecule has 0 aliphatic heterocycles. The van der Waals surface area contributed by atoms with Crippen LogP contribution < -0.4 is 15.2 Å². The first-order chi connectivity index (χ1) is 15.0. The van der Waals surface area contributed by atoms with Gasteiger partial charge >= 0.3 is 12.6 Å². The normalized spacial score (nSPS) is 17.1. The van der Waals surface area contributed by atoms with Gasteiger partial charge in [-0.05, 0) is 74.6 Å². The summed E-state index contributed by atoms with van der Waals surface area (Å²) >= 11 is 0.920. The van der Waals surface area contributed by atoms with E-state index < -0.39 is 28.2 Å². The van der Waals surface area contributed by atoms with Crippen LogP contribution >= 0.6 is 11.3 Å². The Kier molecular flexibility index (Phi) is 5.99. The Morgan fingerprint density at radius 3 is 2.31 bits per heavy atom. The van der Waals surface area contributed by atoms with E-state index in [0.29, 0.717) is 47.5 Å². The summed E-state index contributed by atoms with van der Waals surface area (Å²) in [7, 11) is -3.59. The van der Waals surface area contributed by atoms with E-state index in [1.165, 1.54) is 20.0 Å². The number of nitrogens with zero attached hydrogens (tertiary/aromatic N) is 2. The molecule has 0 saturated carbocycles. The number of hydrogen-bond acceptors (Lipinski definition) is 6. The molecule has 4 rings (SSSR count). The molecule has 174 valence electrons. The van der Waals surface area contributed by atoms with E-state index in [2.05, 4.69) is 14.7 Å². The number of aliphatic hydroxyl groups is 1. The lowest BCUT2D eigenvalue weighted by atomic mass is 9.97. The number of urea groups is 1. The maximum Gasteiger partial charge on any atom is 0.387 e. The molecule has 4 N–H and O–H groups in total. The zero-order valence-electron chi connectivity index (χ0n) is 17.6. The SMILES string of the molecule is CC(C)(O)c1ncc([S@](N)(=O)=NC(=O)Nc2c3c(c(OC(F)F)c4c2CCC4)CCC3)s1. The highest BCUT2D eigenvalue weighted by Gasteiger charge is 2.32. The van der Waals surface area contributed by atoms with E-state index in [-0.39, 0.29) is 9.96 Å². The number of benzene rings is 1. The summed E-state index contributed by atoms with van der Waals surface area (Å²) in [6, 6.07) is -0.888. The van der Waals surface area contributed by atoms with Gasteiger partial charge in [-0.2, -0.15) is 8.78 Å². The lowest BCUT2D eigenvalue weighted by Gasteiger charge is -2.20. The van der Waals surface area contributed by atoms with Crippen LogP contribution in [0, 0.1) is 0 Å². The van der Waals surface area contributed by atoms with Crippen molar-refractivity contribution in [2.24, 2.45) is 9.50 Å². The predicted molar refractivity (Wildman–Crippen MR) is 117 cm³/mol. The third-order valence-electron chi connectivity index (χ3n) is 5.54. The second kappa shape index (κ2) is 8.32. The van der Waals surface area contributed by atoms with Crippen molar-refractivity contribution >= 4 is 33.0 Å². The number of carbonyl (C=O) groups is 1. The molecule has 0 unspecified atom stereocenters. The molecule has 2 aliphatic carbocycles. The lowest BCUT2D eigenvalue weighted by molar-refractivity contribution is -0.0509. The second-order valence-corrected chi connectivity index (χ2v) is 11.4. The van der Waals surface area contributed by atoms with Crippen LogP contribution in [0.25, 0.3) is 0 Å². The van der Waals surface area contributed by atoms with Gasteiger partial charge in [0.1, 0.15) is 20.6 Å². The van der Waals surface area contributed by atoms with Crippen LogP contribution in [0.4, 0.5) is 19.3 Å². The number of amides is 2. The number of anilines is 1. The second-order valence-electron chi connectivity index (χ2n) is 8.34. The molecule has 0 fully saturated rings. The zero-order chi connectivity index (χ0) is 23.3. The van der Waals surface area contributed by atoms with Crippen molar-refractivity contribution < 1.29 is 27.6 Å². The Morgan fingerprint density at radius 1 is 1.25 bits per heavy atom. The Morgan fingerprint density at radius 2 is 1.81 bits per heavy atom. The maximum atomic E-state index is 13.0. The monoisotopic (exact) mass is 486 g/mol. The van der Waals surface area contributed by atoms with E-state index in [0.717, 1.165) is 35.3 Å². The standard InChI is InChI=1S/C20H24F2N4O4S2/c1-20(2,28)17-24-9-14(31-17)32(23,29)26-19(27)25-15-10-5-3-7-12(10)16(30-18(21)22)13-8-4-6-11(13)15/h9,18,28H,3-8H2,1-2H3,(H3,23,25,26,27,29)/t32-/m1/s1. The molecule has 0 saturated heterocycles. The number of hydrogen-bond donors (Lipinski definition) is 3. The quantitative estimate of drug-likeness (QED) is 0.591. The molecule has 8 nitrogen and oxygen atoms in total. The topological polar surface area (TPSA) is 127 Å². The van der Waals surface area contributed by atoms with Gasteiger partial charge in [-0.3, -0.25) is 0 Å². The van der Waals surface area contributed by atoms with Gasteiger partial charge in [0.25, 0.3) is 0 Å². The number of alkyl halides is 2. The van der Waals surface area contributed by atoms with Crippen LogP contribution in [0.1, 0.15) is 54.0 Å². The minimum Gasteiger partial charge on any atom is -0.434 e. The van der Waals surface area contributed by atoms with Crippen molar-refractivity contribution in [1.82, 2.24) is 4.98 Å². The van der Waals surface area contributed by atoms with E-state index >= 15 is 0 Å². The molecule has 12 heteroatoms. The van der Waals surface area contributed by atoms with Crippen molar-refractivity contribution in [2.75, 3.05) is 5.32 Å². The predicted octanol–water partition coefficient (Wildman–Crippen LogP) is 3.88. The summed E-state index contributed by atoms with van der Waals surface area (Å²) in [4.78, 5) is 16.7. The number of aromatic nitrogens is 1. The Labute approximate surface area is 188 Å². The molecular weight excluding hydrogens is 462 g/mol. The molecular formula is C20H24F2N4O4S2. The summed E-state index contributed by atoms with van der Waals surface area (Å²) in [5.74, 6) is 0.237. The number of rotatable bonds is 5. The van der Waals surface area contributed by atoms with Gasteiger partial charge in [0.15, 0.2) is 9.92 Å². The molecule has 1 aromatic heterocycles. The van der Waals surface area contributed by atoms with E-state index in [4.69, 9.17) is 9.88 Å². The Bertz CT molecular complexity index is 1160. The summed E-state index contributed by atoms with van der Waals surface area (Å²) in [5, 5.41) is 18.9. The number of nitrogens with two attached hydrogens (primary N) is 1. The summed E-state index contributed by atoms with van der Waals surface area (Å²) < 4.78 is 47.6. The summed E-state index contributed by atoms with van der Waals surface area (Å²) in [6.07, 6.45) is 5.14. The van der Waals surface area contributed by atoms with Gasteiger partial charge in [-0.1, -0.05) is 0 Å². The lowest BCUT2D eigenvalue weighted by Crippen LogP contribution is -2.18. The molecule has 2 aromatic rings. The van der Waals surface area contributed by atoms with Crippen molar-refractivity contribution in [2.45, 2.75) is 68.8 Å². The molecule has 0 bridgehead atoms. The third-order valence-corrected chi connectivity index (χ3v) is 8.73. The van der Waals surface area contributed by atoms with Crippen LogP contribution in [0.5, 0.6) is 5.75 Å². The smallest absolute Gasteiger partial charge is 0.387 e. The van der Waals surface area contributed by atoms with Crippen LogP contribution in [0.3, 0.4) is 0 Å². The number of thiazole rings is 1. The molecule has 0 radical (unpaired) electrons. The van der Waals surface area contributed by atoms with Crippen molar-refractivity contribution in [1.29, 1.82) is 0 Å². The van der Waals surface area contributed by atoms with Crippen molar-refractivity contribution in [3.63, 3.8) is 0 Å². The minimum atomic E-state index is -3.59. The van der Waals surface area contributed by atoms with Crippen molar-refractivity contribution in [3.05, 3.63) is 33.5 Å². The molecule has 1 heterocycles. The van der Waals surface area contributed by atoms with E-state index in [1.807, 2.05) is 0 Å². The maximum absolute atomic E-state index is 13.0. The first kappa shape index (κ1) is 23.0. The molecule has 2 aliphatic rings. The van der Waals surface area contributed by atoms with E-state index in [1.54, 1.807) is 0 Å². The van der Waals surface area contributed by atoms with Crippen molar-refractivity contribution in [3.8, 4) is 5.75 Å². The number of fused-ring (bicyclic) bond motifs is 2. The Balaban J connectivity index is 1.69. The third kappa shape index (κ3) is 4.36. The van der Waals surface area contributed by atoms with Gasteiger partial charge in [0.2, 0.25) is 0 Å². The summed E-state index contributed by atoms with van der Waals surface area (Å²) in [6.45, 7) is 0.135. The van der Waals surface area contributed by atoms with Gasteiger partial charge in [0.05, 0.1) is 6.20 Å². The van der Waals surface area contributed by atoms with Crippen LogP contribution in [-0.2, 0) is 41.2 Å². The fourth-order valence-corrected chi connectivity index (χ4v) is 6.33. The van der Waals surface area contributed by atoms with Gasteiger partial charge in [0, 0.05) is 5.69 Å².